The minimum atomic E-state index is -0.198. The van der Waals surface area contributed by atoms with Crippen molar-refractivity contribution < 1.29 is 4.79 Å². The average Bonchev–Trinajstić information content (AvgIpc) is 3.20. The summed E-state index contributed by atoms with van der Waals surface area (Å²) >= 11 is 0. The fourth-order valence-electron chi connectivity index (χ4n) is 2.51. The Kier molecular flexibility index (Phi) is 4.35. The van der Waals surface area contributed by atoms with Gasteiger partial charge < -0.3 is 15.1 Å². The first-order valence-corrected chi connectivity index (χ1v) is 7.55. The van der Waals surface area contributed by atoms with E-state index in [4.69, 9.17) is 0 Å². The number of anilines is 3. The van der Waals surface area contributed by atoms with Gasteiger partial charge in [0.05, 0.1) is 6.20 Å². The van der Waals surface area contributed by atoms with Crippen molar-refractivity contribution in [2.45, 2.75) is 19.4 Å². The van der Waals surface area contributed by atoms with Gasteiger partial charge >= 0.3 is 0 Å². The van der Waals surface area contributed by atoms with E-state index in [-0.39, 0.29) is 12.5 Å². The Morgan fingerprint density at radius 2 is 2.13 bits per heavy atom. The predicted octanol–water partition coefficient (Wildman–Crippen LogP) is 0.373. The Morgan fingerprint density at radius 1 is 1.35 bits per heavy atom. The van der Waals surface area contributed by atoms with Crippen LogP contribution in [0.4, 0.5) is 17.5 Å². The summed E-state index contributed by atoms with van der Waals surface area (Å²) < 4.78 is 1.46. The molecule has 2 aromatic heterocycles. The molecule has 0 bridgehead atoms. The summed E-state index contributed by atoms with van der Waals surface area (Å²) in [6, 6.07) is 0. The molecule has 1 saturated heterocycles. The molecule has 2 aromatic rings. The number of hydrogen-bond acceptors (Lipinski definition) is 7. The molecule has 1 amide bonds. The van der Waals surface area contributed by atoms with Crippen LogP contribution in [0.25, 0.3) is 0 Å². The fourth-order valence-corrected chi connectivity index (χ4v) is 2.51. The molecule has 0 atom stereocenters. The van der Waals surface area contributed by atoms with Crippen LogP contribution >= 0.6 is 0 Å². The number of hydrogen-bond donors (Lipinski definition) is 1. The molecule has 1 fully saturated rings. The summed E-state index contributed by atoms with van der Waals surface area (Å²) in [5.74, 6) is 1.20. The van der Waals surface area contributed by atoms with E-state index in [1.54, 1.807) is 6.20 Å². The van der Waals surface area contributed by atoms with Gasteiger partial charge in [0.2, 0.25) is 11.9 Å². The summed E-state index contributed by atoms with van der Waals surface area (Å²) in [6.07, 6.45) is 6.88. The molecule has 0 aliphatic carbocycles. The van der Waals surface area contributed by atoms with Crippen LogP contribution in [0, 0.1) is 0 Å². The summed E-state index contributed by atoms with van der Waals surface area (Å²) in [6.45, 7) is 2.05. The second-order valence-electron chi connectivity index (χ2n) is 5.64. The number of amides is 1. The van der Waals surface area contributed by atoms with Crippen LogP contribution in [0.5, 0.6) is 0 Å². The number of aromatic nitrogens is 5. The standard InChI is InChI=1S/C14H20N8O/c1-20(2)13-11(18-12(23)8-22-10-15-9-17-22)7-16-14(19-13)21-5-3-4-6-21/h7,9-10H,3-6,8H2,1-2H3,(H,18,23). The molecule has 1 aliphatic rings. The topological polar surface area (TPSA) is 92.1 Å². The Balaban J connectivity index is 1.76. The molecule has 9 nitrogen and oxygen atoms in total. The summed E-state index contributed by atoms with van der Waals surface area (Å²) in [7, 11) is 3.78. The maximum Gasteiger partial charge on any atom is 0.246 e. The minimum absolute atomic E-state index is 0.0980. The zero-order valence-corrected chi connectivity index (χ0v) is 13.3. The molecular formula is C14H20N8O. The van der Waals surface area contributed by atoms with Crippen LogP contribution in [-0.4, -0.2) is 57.8 Å². The highest BCUT2D eigenvalue weighted by Gasteiger charge is 2.18. The van der Waals surface area contributed by atoms with E-state index >= 15 is 0 Å². The van der Waals surface area contributed by atoms with Crippen molar-refractivity contribution >= 4 is 23.4 Å². The van der Waals surface area contributed by atoms with Gasteiger partial charge in [-0.15, -0.1) is 0 Å². The zero-order chi connectivity index (χ0) is 16.2. The van der Waals surface area contributed by atoms with E-state index < -0.39 is 0 Å². The van der Waals surface area contributed by atoms with Gasteiger partial charge in [0.25, 0.3) is 0 Å². The number of nitrogens with one attached hydrogen (secondary N) is 1. The van der Waals surface area contributed by atoms with Gasteiger partial charge in [0.15, 0.2) is 5.82 Å². The lowest BCUT2D eigenvalue weighted by Gasteiger charge is -2.21. The first-order valence-electron chi connectivity index (χ1n) is 7.55. The van der Waals surface area contributed by atoms with Crippen LogP contribution < -0.4 is 15.1 Å². The molecule has 0 saturated carbocycles. The van der Waals surface area contributed by atoms with Crippen molar-refractivity contribution in [1.29, 1.82) is 0 Å². The summed E-state index contributed by atoms with van der Waals surface area (Å²) in [4.78, 5) is 28.9. The highest BCUT2D eigenvalue weighted by molar-refractivity contribution is 5.93. The third-order valence-electron chi connectivity index (χ3n) is 3.61. The number of carbonyl (C=O) groups excluding carboxylic acids is 1. The number of rotatable bonds is 5. The van der Waals surface area contributed by atoms with Gasteiger partial charge in [-0.05, 0) is 12.8 Å². The number of carbonyl (C=O) groups is 1. The Bertz CT molecular complexity index is 663. The monoisotopic (exact) mass is 316 g/mol. The smallest absolute Gasteiger partial charge is 0.246 e. The molecule has 9 heteroatoms. The molecule has 1 aliphatic heterocycles. The maximum absolute atomic E-state index is 12.1. The molecule has 0 spiro atoms. The van der Waals surface area contributed by atoms with Crippen LogP contribution in [0.3, 0.4) is 0 Å². The first-order chi connectivity index (χ1) is 11.1. The van der Waals surface area contributed by atoms with Crippen molar-refractivity contribution in [3.8, 4) is 0 Å². The highest BCUT2D eigenvalue weighted by atomic mass is 16.2. The Hall–Kier alpha value is -2.71. The molecule has 23 heavy (non-hydrogen) atoms. The SMILES string of the molecule is CN(C)c1nc(N2CCCC2)ncc1NC(=O)Cn1cncn1. The molecular weight excluding hydrogens is 296 g/mol. The number of nitrogens with zero attached hydrogens (tertiary/aromatic N) is 7. The van der Waals surface area contributed by atoms with Crippen LogP contribution in [0.15, 0.2) is 18.9 Å². The third-order valence-corrected chi connectivity index (χ3v) is 3.61. The van der Waals surface area contributed by atoms with E-state index in [0.717, 1.165) is 25.9 Å². The molecule has 0 radical (unpaired) electrons. The van der Waals surface area contributed by atoms with Crippen molar-refractivity contribution in [1.82, 2.24) is 24.7 Å². The zero-order valence-electron chi connectivity index (χ0n) is 13.3. The third kappa shape index (κ3) is 3.55. The van der Waals surface area contributed by atoms with E-state index in [2.05, 4.69) is 30.3 Å². The van der Waals surface area contributed by atoms with Gasteiger partial charge in [0.1, 0.15) is 24.9 Å². The summed E-state index contributed by atoms with van der Waals surface area (Å²) in [5, 5.41) is 6.75. The van der Waals surface area contributed by atoms with E-state index in [0.29, 0.717) is 17.5 Å². The molecule has 0 unspecified atom stereocenters. The predicted molar refractivity (Wildman–Crippen MR) is 86.5 cm³/mol. The van der Waals surface area contributed by atoms with Crippen molar-refractivity contribution in [3.05, 3.63) is 18.9 Å². The van der Waals surface area contributed by atoms with Crippen LogP contribution in [-0.2, 0) is 11.3 Å². The quantitative estimate of drug-likeness (QED) is 0.852. The highest BCUT2D eigenvalue weighted by Crippen LogP contribution is 2.25. The van der Waals surface area contributed by atoms with Gasteiger partial charge in [-0.3, -0.25) is 4.79 Å². The molecule has 3 rings (SSSR count). The lowest BCUT2D eigenvalue weighted by atomic mass is 10.4. The Labute approximate surface area is 134 Å². The average molecular weight is 316 g/mol. The molecule has 3 heterocycles. The lowest BCUT2D eigenvalue weighted by Crippen LogP contribution is -2.25. The van der Waals surface area contributed by atoms with Gasteiger partial charge in [-0.1, -0.05) is 0 Å². The summed E-state index contributed by atoms with van der Waals surface area (Å²) in [5.41, 5.74) is 0.586. The van der Waals surface area contributed by atoms with E-state index in [1.165, 1.54) is 17.3 Å². The lowest BCUT2D eigenvalue weighted by molar-refractivity contribution is -0.116. The van der Waals surface area contributed by atoms with Crippen molar-refractivity contribution in [2.24, 2.45) is 0 Å². The Morgan fingerprint density at radius 3 is 2.78 bits per heavy atom. The van der Waals surface area contributed by atoms with Gasteiger partial charge in [-0.25, -0.2) is 14.6 Å². The minimum Gasteiger partial charge on any atom is -0.361 e. The van der Waals surface area contributed by atoms with Gasteiger partial charge in [-0.2, -0.15) is 10.1 Å². The second-order valence-corrected chi connectivity index (χ2v) is 5.64. The van der Waals surface area contributed by atoms with Crippen LogP contribution in [0.1, 0.15) is 12.8 Å². The van der Waals surface area contributed by atoms with Crippen molar-refractivity contribution in [2.75, 3.05) is 42.3 Å². The van der Waals surface area contributed by atoms with E-state index in [9.17, 15) is 4.79 Å². The normalized spacial score (nSPS) is 14.1. The first kappa shape index (κ1) is 15.2. The second kappa shape index (κ2) is 6.59. The largest absolute Gasteiger partial charge is 0.361 e. The molecule has 0 aromatic carbocycles. The van der Waals surface area contributed by atoms with Crippen LogP contribution in [0.2, 0.25) is 0 Å². The molecule has 1 N–H and O–H groups in total. The maximum atomic E-state index is 12.1. The van der Waals surface area contributed by atoms with Gasteiger partial charge in [0, 0.05) is 27.2 Å². The fraction of sp³-hybridized carbons (Fsp3) is 0.500. The van der Waals surface area contributed by atoms with Crippen molar-refractivity contribution in [3.63, 3.8) is 0 Å². The molecule has 122 valence electrons. The van der Waals surface area contributed by atoms with E-state index in [1.807, 2.05) is 19.0 Å².